The molecule has 0 aliphatic heterocycles. The molecule has 0 saturated carbocycles. The fraction of sp³-hybridized carbons (Fsp3) is 0.0769. The predicted octanol–water partition coefficient (Wildman–Crippen LogP) is 2.45. The van der Waals surface area contributed by atoms with Crippen molar-refractivity contribution in [1.29, 1.82) is 0 Å². The van der Waals surface area contributed by atoms with E-state index in [4.69, 9.17) is 4.74 Å². The molecule has 0 saturated heterocycles. The normalized spacial score (nSPS) is 9.95. The monoisotopic (exact) mass is 291 g/mol. The number of hydrazine groups is 1. The Balaban J connectivity index is 2.19. The van der Waals surface area contributed by atoms with Crippen molar-refractivity contribution in [2.24, 2.45) is 0 Å². The summed E-state index contributed by atoms with van der Waals surface area (Å²) in [4.78, 5) is 10.2. The Morgan fingerprint density at radius 3 is 2.48 bits per heavy atom. The maximum atomic E-state index is 10.7. The van der Waals surface area contributed by atoms with Gasteiger partial charge in [-0.25, -0.2) is 0 Å². The quantitative estimate of drug-likeness (QED) is 0.289. The fourth-order valence-corrected chi connectivity index (χ4v) is 1.66. The smallest absolute Gasteiger partial charge is 0.273 e. The molecule has 2 rings (SSSR count). The van der Waals surface area contributed by atoms with Gasteiger partial charge in [-0.2, -0.15) is 0 Å². The Hall–Kier alpha value is -3.16. The molecule has 2 aromatic carbocycles. The van der Waals surface area contributed by atoms with Crippen molar-refractivity contribution in [3.63, 3.8) is 0 Å². The average Bonchev–Trinajstić information content (AvgIpc) is 2.47. The lowest BCUT2D eigenvalue weighted by atomic mass is 10.2. The highest BCUT2D eigenvalue weighted by molar-refractivity contribution is 5.66. The van der Waals surface area contributed by atoms with Crippen LogP contribution >= 0.6 is 0 Å². The number of aromatic hydroxyl groups is 2. The maximum Gasteiger partial charge on any atom is 0.273 e. The summed E-state index contributed by atoms with van der Waals surface area (Å²) in [6.45, 7) is 0. The molecule has 21 heavy (non-hydrogen) atoms. The summed E-state index contributed by atoms with van der Waals surface area (Å²) in [7, 11) is 1.38. The number of ether oxygens (including phenoxy) is 1. The van der Waals surface area contributed by atoms with Crippen LogP contribution in [0.4, 0.5) is 17.1 Å². The number of phenols is 2. The van der Waals surface area contributed by atoms with E-state index >= 15 is 0 Å². The molecule has 0 radical (unpaired) electrons. The predicted molar refractivity (Wildman–Crippen MR) is 76.7 cm³/mol. The zero-order chi connectivity index (χ0) is 15.4. The van der Waals surface area contributed by atoms with Crippen LogP contribution in [-0.2, 0) is 0 Å². The van der Waals surface area contributed by atoms with E-state index in [1.54, 1.807) is 0 Å². The van der Waals surface area contributed by atoms with Gasteiger partial charge in [0.15, 0.2) is 5.75 Å². The number of non-ortho nitro benzene ring substituents is 1. The first-order valence-electron chi connectivity index (χ1n) is 5.87. The van der Waals surface area contributed by atoms with Crippen LogP contribution in [0.2, 0.25) is 0 Å². The summed E-state index contributed by atoms with van der Waals surface area (Å²) < 4.78 is 5.06. The number of anilines is 2. The van der Waals surface area contributed by atoms with Gasteiger partial charge in [-0.3, -0.25) is 21.0 Å². The SMILES string of the molecule is COc1cc([N+](=O)[O-])ccc1NNc1cc(O)ccc1O. The van der Waals surface area contributed by atoms with Crippen LogP contribution in [0.15, 0.2) is 36.4 Å². The largest absolute Gasteiger partial charge is 0.508 e. The van der Waals surface area contributed by atoms with Crippen LogP contribution in [0, 0.1) is 10.1 Å². The number of hydrogen-bond donors (Lipinski definition) is 4. The van der Waals surface area contributed by atoms with Gasteiger partial charge < -0.3 is 14.9 Å². The van der Waals surface area contributed by atoms with E-state index < -0.39 is 4.92 Å². The number of nitro benzene ring substituents is 1. The second-order valence-electron chi connectivity index (χ2n) is 4.09. The van der Waals surface area contributed by atoms with Crippen molar-refractivity contribution < 1.29 is 19.9 Å². The standard InChI is InChI=1S/C13H13N3O5/c1-21-13-6-8(16(19)20)2-4-10(13)14-15-11-7-9(17)3-5-12(11)18/h2-7,14-15,17-18H,1H3. The van der Waals surface area contributed by atoms with Crippen molar-refractivity contribution >= 4 is 17.1 Å². The maximum absolute atomic E-state index is 10.7. The topological polar surface area (TPSA) is 117 Å². The lowest BCUT2D eigenvalue weighted by Gasteiger charge is -2.14. The summed E-state index contributed by atoms with van der Waals surface area (Å²) in [5, 5.41) is 29.7. The van der Waals surface area contributed by atoms with Gasteiger partial charge in [-0.15, -0.1) is 0 Å². The first-order chi connectivity index (χ1) is 10.0. The van der Waals surface area contributed by atoms with Crippen LogP contribution in [0.5, 0.6) is 17.2 Å². The fourth-order valence-electron chi connectivity index (χ4n) is 1.66. The van der Waals surface area contributed by atoms with Crippen molar-refractivity contribution in [1.82, 2.24) is 0 Å². The van der Waals surface area contributed by atoms with E-state index in [2.05, 4.69) is 10.9 Å². The van der Waals surface area contributed by atoms with Gasteiger partial charge in [0.25, 0.3) is 5.69 Å². The first kappa shape index (κ1) is 14.3. The molecule has 0 bridgehead atoms. The Morgan fingerprint density at radius 2 is 1.81 bits per heavy atom. The molecule has 0 amide bonds. The molecule has 0 unspecified atom stereocenters. The van der Waals surface area contributed by atoms with E-state index in [0.29, 0.717) is 5.69 Å². The molecule has 0 atom stereocenters. The van der Waals surface area contributed by atoms with Gasteiger partial charge in [0.05, 0.1) is 29.5 Å². The Kier molecular flexibility index (Phi) is 3.98. The molecule has 0 heterocycles. The second-order valence-corrected chi connectivity index (χ2v) is 4.09. The summed E-state index contributed by atoms with van der Waals surface area (Å²) in [5.74, 6) is 0.172. The third-order valence-electron chi connectivity index (χ3n) is 2.71. The molecule has 2 aromatic rings. The minimum atomic E-state index is -0.527. The highest BCUT2D eigenvalue weighted by atomic mass is 16.6. The van der Waals surface area contributed by atoms with E-state index in [1.807, 2.05) is 0 Å². The van der Waals surface area contributed by atoms with Crippen LogP contribution in [-0.4, -0.2) is 22.2 Å². The lowest BCUT2D eigenvalue weighted by Crippen LogP contribution is -2.10. The number of rotatable bonds is 5. The average molecular weight is 291 g/mol. The van der Waals surface area contributed by atoms with Crippen molar-refractivity contribution in [3.05, 3.63) is 46.5 Å². The molecule has 0 aromatic heterocycles. The number of nitro groups is 1. The summed E-state index contributed by atoms with van der Waals surface area (Å²) in [6.07, 6.45) is 0. The number of methoxy groups -OCH3 is 1. The van der Waals surface area contributed by atoms with Crippen LogP contribution in [0.25, 0.3) is 0 Å². The van der Waals surface area contributed by atoms with Gasteiger partial charge in [0.1, 0.15) is 11.5 Å². The molecule has 0 fully saturated rings. The van der Waals surface area contributed by atoms with Gasteiger partial charge in [0, 0.05) is 12.1 Å². The Morgan fingerprint density at radius 1 is 1.10 bits per heavy atom. The van der Waals surface area contributed by atoms with Gasteiger partial charge in [-0.05, 0) is 18.2 Å². The second kappa shape index (κ2) is 5.87. The number of hydrogen-bond acceptors (Lipinski definition) is 7. The molecule has 0 aliphatic rings. The van der Waals surface area contributed by atoms with Crippen LogP contribution < -0.4 is 15.6 Å². The van der Waals surface area contributed by atoms with E-state index in [-0.39, 0.29) is 28.6 Å². The molecule has 4 N–H and O–H groups in total. The third kappa shape index (κ3) is 3.24. The zero-order valence-corrected chi connectivity index (χ0v) is 11.0. The minimum absolute atomic E-state index is 0.0206. The highest BCUT2D eigenvalue weighted by Crippen LogP contribution is 2.31. The zero-order valence-electron chi connectivity index (χ0n) is 11.0. The van der Waals surface area contributed by atoms with Crippen molar-refractivity contribution in [3.8, 4) is 17.2 Å². The molecular weight excluding hydrogens is 278 g/mol. The highest BCUT2D eigenvalue weighted by Gasteiger charge is 2.11. The summed E-state index contributed by atoms with van der Waals surface area (Å²) in [6, 6.07) is 8.03. The van der Waals surface area contributed by atoms with Crippen molar-refractivity contribution in [2.45, 2.75) is 0 Å². The lowest BCUT2D eigenvalue weighted by molar-refractivity contribution is -0.384. The van der Waals surface area contributed by atoms with E-state index in [9.17, 15) is 20.3 Å². The molecule has 0 aliphatic carbocycles. The summed E-state index contributed by atoms with van der Waals surface area (Å²) >= 11 is 0. The molecule has 8 heteroatoms. The van der Waals surface area contributed by atoms with Gasteiger partial charge in [0.2, 0.25) is 0 Å². The first-order valence-corrected chi connectivity index (χ1v) is 5.87. The van der Waals surface area contributed by atoms with Crippen molar-refractivity contribution in [2.75, 3.05) is 18.0 Å². The molecular formula is C13H13N3O5. The van der Waals surface area contributed by atoms with Crippen LogP contribution in [0.3, 0.4) is 0 Å². The number of nitrogens with zero attached hydrogens (tertiary/aromatic N) is 1. The molecule has 0 spiro atoms. The van der Waals surface area contributed by atoms with E-state index in [0.717, 1.165) is 0 Å². The Labute approximate surface area is 119 Å². The number of phenolic OH excluding ortho intramolecular Hbond substituents is 2. The number of nitrogens with one attached hydrogen (secondary N) is 2. The van der Waals surface area contributed by atoms with Gasteiger partial charge >= 0.3 is 0 Å². The third-order valence-corrected chi connectivity index (χ3v) is 2.71. The summed E-state index contributed by atoms with van der Waals surface area (Å²) in [5.41, 5.74) is 6.01. The van der Waals surface area contributed by atoms with Crippen LogP contribution in [0.1, 0.15) is 0 Å². The van der Waals surface area contributed by atoms with Gasteiger partial charge in [-0.1, -0.05) is 0 Å². The number of benzene rings is 2. The molecule has 8 nitrogen and oxygen atoms in total. The minimum Gasteiger partial charge on any atom is -0.508 e. The molecule has 110 valence electrons. The Bertz CT molecular complexity index is 675. The van der Waals surface area contributed by atoms with E-state index in [1.165, 1.54) is 43.5 Å².